The molecule has 86 valence electrons. The van der Waals surface area contributed by atoms with Crippen LogP contribution in [-0.2, 0) is 13.0 Å². The smallest absolute Gasteiger partial charge is 0.112 e. The van der Waals surface area contributed by atoms with Gasteiger partial charge in [0.1, 0.15) is 5.01 Å². The largest absolute Gasteiger partial charge is 0.398 e. The lowest BCUT2D eigenvalue weighted by molar-refractivity contribution is 1.10. The summed E-state index contributed by atoms with van der Waals surface area (Å²) in [5.74, 6) is 0. The summed E-state index contributed by atoms with van der Waals surface area (Å²) in [6, 6.07) is 7.74. The molecule has 0 radical (unpaired) electrons. The van der Waals surface area contributed by atoms with Crippen LogP contribution in [0.5, 0.6) is 0 Å². The highest BCUT2D eigenvalue weighted by molar-refractivity contribution is 7.09. The maximum Gasteiger partial charge on any atom is 0.112 e. The molecule has 0 unspecified atom stereocenters. The number of nitrogens with zero attached hydrogens (tertiary/aromatic N) is 2. The van der Waals surface area contributed by atoms with Crippen molar-refractivity contribution in [2.75, 3.05) is 11.1 Å². The molecule has 0 bridgehead atoms. The summed E-state index contributed by atoms with van der Waals surface area (Å²) in [6.45, 7) is 0.688. The molecular weight excluding hydrogens is 232 g/mol. The lowest BCUT2D eigenvalue weighted by Crippen LogP contribution is -2.01. The van der Waals surface area contributed by atoms with E-state index in [1.807, 2.05) is 23.6 Å². The van der Waals surface area contributed by atoms with Gasteiger partial charge in [-0.15, -0.1) is 11.3 Å². The van der Waals surface area contributed by atoms with Crippen LogP contribution in [0.15, 0.2) is 29.8 Å². The number of nitrogen functional groups attached to an aromatic ring is 1. The molecular formula is C12H12N4S. The van der Waals surface area contributed by atoms with Crippen molar-refractivity contribution in [3.05, 3.63) is 40.3 Å². The molecule has 1 aromatic carbocycles. The minimum Gasteiger partial charge on any atom is -0.398 e. The molecule has 4 nitrogen and oxygen atoms in total. The fourth-order valence-corrected chi connectivity index (χ4v) is 2.03. The van der Waals surface area contributed by atoms with Crippen LogP contribution in [0.3, 0.4) is 0 Å². The molecule has 2 aromatic rings. The molecule has 0 aliphatic rings. The molecule has 17 heavy (non-hydrogen) atoms. The van der Waals surface area contributed by atoms with Gasteiger partial charge in [-0.1, -0.05) is 0 Å². The molecule has 0 spiro atoms. The van der Waals surface area contributed by atoms with E-state index in [1.165, 1.54) is 0 Å². The summed E-state index contributed by atoms with van der Waals surface area (Å²) in [5.41, 5.74) is 8.25. The summed E-state index contributed by atoms with van der Waals surface area (Å²) >= 11 is 1.61. The Balaban J connectivity index is 2.06. The monoisotopic (exact) mass is 244 g/mol. The number of hydrogen-bond acceptors (Lipinski definition) is 5. The number of benzene rings is 1. The summed E-state index contributed by atoms with van der Waals surface area (Å²) in [5, 5.41) is 14.9. The van der Waals surface area contributed by atoms with E-state index in [0.717, 1.165) is 16.3 Å². The third-order valence-electron chi connectivity index (χ3n) is 2.34. The third kappa shape index (κ3) is 2.95. The molecule has 2 rings (SSSR count). The summed E-state index contributed by atoms with van der Waals surface area (Å²) in [7, 11) is 0. The Hall–Kier alpha value is -2.06. The summed E-state index contributed by atoms with van der Waals surface area (Å²) in [6.07, 6.45) is 2.12. The van der Waals surface area contributed by atoms with Crippen molar-refractivity contribution in [1.82, 2.24) is 4.98 Å². The van der Waals surface area contributed by atoms with Gasteiger partial charge in [-0.2, -0.15) is 5.26 Å². The first-order chi connectivity index (χ1) is 8.29. The molecule has 0 saturated heterocycles. The number of aromatic nitrogens is 1. The van der Waals surface area contributed by atoms with Gasteiger partial charge in [0.05, 0.1) is 19.0 Å². The molecule has 0 atom stereocenters. The molecule has 5 heteroatoms. The standard InChI is InChI=1S/C12H12N4S/c13-4-3-9-7-10(1-2-11(9)14)16-8-12-15-5-6-17-12/h1-2,5-7,16H,3,8,14H2. The van der Waals surface area contributed by atoms with E-state index in [9.17, 15) is 0 Å². The second-order valence-electron chi connectivity index (χ2n) is 3.53. The number of rotatable bonds is 4. The minimum atomic E-state index is 0.332. The summed E-state index contributed by atoms with van der Waals surface area (Å²) < 4.78 is 0. The van der Waals surface area contributed by atoms with Crippen LogP contribution in [0.4, 0.5) is 11.4 Å². The fraction of sp³-hybridized carbons (Fsp3) is 0.167. The molecule has 0 aliphatic carbocycles. The van der Waals surface area contributed by atoms with Gasteiger partial charge in [-0.05, 0) is 23.8 Å². The Bertz CT molecular complexity index is 528. The van der Waals surface area contributed by atoms with Crippen molar-refractivity contribution in [3.63, 3.8) is 0 Å². The van der Waals surface area contributed by atoms with Gasteiger partial charge < -0.3 is 11.1 Å². The Morgan fingerprint density at radius 1 is 1.47 bits per heavy atom. The van der Waals surface area contributed by atoms with Crippen molar-refractivity contribution in [2.24, 2.45) is 0 Å². The summed E-state index contributed by atoms with van der Waals surface area (Å²) in [4.78, 5) is 4.19. The average molecular weight is 244 g/mol. The number of thiazole rings is 1. The molecule has 0 amide bonds. The number of nitriles is 1. The number of nitrogens with one attached hydrogen (secondary N) is 1. The van der Waals surface area contributed by atoms with Crippen LogP contribution in [-0.4, -0.2) is 4.98 Å². The molecule has 1 aromatic heterocycles. The zero-order valence-corrected chi connectivity index (χ0v) is 10.00. The lowest BCUT2D eigenvalue weighted by atomic mass is 10.1. The van der Waals surface area contributed by atoms with Crippen molar-refractivity contribution < 1.29 is 0 Å². The van der Waals surface area contributed by atoms with E-state index in [0.29, 0.717) is 18.7 Å². The highest BCUT2D eigenvalue weighted by atomic mass is 32.1. The predicted octanol–water partition coefficient (Wildman–Crippen LogP) is 2.40. The molecule has 1 heterocycles. The highest BCUT2D eigenvalue weighted by Gasteiger charge is 2.01. The maximum absolute atomic E-state index is 8.68. The minimum absolute atomic E-state index is 0.332. The van der Waals surface area contributed by atoms with E-state index in [-0.39, 0.29) is 0 Å². The van der Waals surface area contributed by atoms with Gasteiger partial charge in [-0.3, -0.25) is 0 Å². The average Bonchev–Trinajstić information content (AvgIpc) is 2.83. The van der Waals surface area contributed by atoms with E-state index in [4.69, 9.17) is 11.0 Å². The van der Waals surface area contributed by atoms with Gasteiger partial charge >= 0.3 is 0 Å². The number of nitrogens with two attached hydrogens (primary N) is 1. The second-order valence-corrected chi connectivity index (χ2v) is 4.51. The first-order valence-electron chi connectivity index (χ1n) is 5.17. The van der Waals surface area contributed by atoms with Crippen LogP contribution in [0.2, 0.25) is 0 Å². The zero-order valence-electron chi connectivity index (χ0n) is 9.18. The lowest BCUT2D eigenvalue weighted by Gasteiger charge is -2.07. The van der Waals surface area contributed by atoms with E-state index >= 15 is 0 Å². The molecule has 0 fully saturated rings. The van der Waals surface area contributed by atoms with Gasteiger partial charge in [0.15, 0.2) is 0 Å². The van der Waals surface area contributed by atoms with Crippen LogP contribution in [0, 0.1) is 11.3 Å². The topological polar surface area (TPSA) is 74.7 Å². The van der Waals surface area contributed by atoms with Crippen molar-refractivity contribution in [2.45, 2.75) is 13.0 Å². The Labute approximate surface area is 104 Å². The Morgan fingerprint density at radius 3 is 3.06 bits per heavy atom. The first kappa shape index (κ1) is 11.4. The van der Waals surface area contributed by atoms with Crippen LogP contribution in [0.1, 0.15) is 10.6 Å². The van der Waals surface area contributed by atoms with Crippen molar-refractivity contribution >= 4 is 22.7 Å². The molecule has 0 saturated carbocycles. The van der Waals surface area contributed by atoms with Gasteiger partial charge in [0.25, 0.3) is 0 Å². The quantitative estimate of drug-likeness (QED) is 0.810. The molecule has 3 N–H and O–H groups in total. The zero-order chi connectivity index (χ0) is 12.1. The van der Waals surface area contributed by atoms with Crippen LogP contribution in [0.25, 0.3) is 0 Å². The number of hydrogen-bond donors (Lipinski definition) is 2. The van der Waals surface area contributed by atoms with Crippen molar-refractivity contribution in [3.8, 4) is 6.07 Å². The molecule has 0 aliphatic heterocycles. The van der Waals surface area contributed by atoms with Gasteiger partial charge in [0, 0.05) is 23.0 Å². The van der Waals surface area contributed by atoms with Crippen LogP contribution >= 0.6 is 11.3 Å². The van der Waals surface area contributed by atoms with E-state index < -0.39 is 0 Å². The second kappa shape index (κ2) is 5.32. The first-order valence-corrected chi connectivity index (χ1v) is 6.05. The van der Waals surface area contributed by atoms with Gasteiger partial charge in [0.2, 0.25) is 0 Å². The fourth-order valence-electron chi connectivity index (χ4n) is 1.47. The highest BCUT2D eigenvalue weighted by Crippen LogP contribution is 2.19. The Kier molecular flexibility index (Phi) is 3.58. The van der Waals surface area contributed by atoms with E-state index in [1.54, 1.807) is 17.5 Å². The predicted molar refractivity (Wildman–Crippen MR) is 69.6 cm³/mol. The van der Waals surface area contributed by atoms with Crippen LogP contribution < -0.4 is 11.1 Å². The maximum atomic E-state index is 8.68. The number of anilines is 2. The normalized spacial score (nSPS) is 9.82. The third-order valence-corrected chi connectivity index (χ3v) is 3.12. The van der Waals surface area contributed by atoms with Gasteiger partial charge in [-0.25, -0.2) is 4.98 Å². The van der Waals surface area contributed by atoms with Crippen molar-refractivity contribution in [1.29, 1.82) is 5.26 Å². The SMILES string of the molecule is N#CCc1cc(NCc2nccs2)ccc1N. The Morgan fingerprint density at radius 2 is 2.35 bits per heavy atom. The van der Waals surface area contributed by atoms with E-state index in [2.05, 4.69) is 16.4 Å².